The summed E-state index contributed by atoms with van der Waals surface area (Å²) in [5.41, 5.74) is 1.88. The molecule has 0 aliphatic heterocycles. The van der Waals surface area contributed by atoms with Gasteiger partial charge in [-0.15, -0.1) is 0 Å². The highest BCUT2D eigenvalue weighted by Gasteiger charge is 2.27. The lowest BCUT2D eigenvalue weighted by Crippen LogP contribution is -2.53. The number of nitro groups is 1. The van der Waals surface area contributed by atoms with Gasteiger partial charge in [-0.05, 0) is 16.7 Å². The van der Waals surface area contributed by atoms with Gasteiger partial charge in [0, 0.05) is 25.0 Å². The van der Waals surface area contributed by atoms with Crippen molar-refractivity contribution in [1.82, 2.24) is 10.6 Å². The summed E-state index contributed by atoms with van der Waals surface area (Å²) in [6.07, 6.45) is -0.816. The molecule has 0 bridgehead atoms. The summed E-state index contributed by atoms with van der Waals surface area (Å²) in [4.78, 5) is 47.6. The molecule has 0 aliphatic rings. The van der Waals surface area contributed by atoms with Gasteiger partial charge in [0.25, 0.3) is 5.69 Å². The van der Waals surface area contributed by atoms with E-state index in [-0.39, 0.29) is 25.1 Å². The number of carbonyl (C=O) groups is 3. The lowest BCUT2D eigenvalue weighted by atomic mass is 10.0. The summed E-state index contributed by atoms with van der Waals surface area (Å²) >= 11 is 0. The van der Waals surface area contributed by atoms with E-state index in [2.05, 4.69) is 10.6 Å². The van der Waals surface area contributed by atoms with Gasteiger partial charge < -0.3 is 20.5 Å². The molecule has 36 heavy (non-hydrogen) atoms. The van der Waals surface area contributed by atoms with Crippen LogP contribution in [0.1, 0.15) is 16.7 Å². The normalized spacial score (nSPS) is 12.1. The van der Waals surface area contributed by atoms with Crippen LogP contribution in [-0.2, 0) is 33.8 Å². The molecule has 3 aromatic rings. The number of hydrogen-bond acceptors (Lipinski definition) is 6. The Bertz CT molecular complexity index is 1190. The van der Waals surface area contributed by atoms with Gasteiger partial charge in [-0.1, -0.05) is 72.8 Å². The molecule has 10 heteroatoms. The van der Waals surface area contributed by atoms with Gasteiger partial charge in [-0.25, -0.2) is 9.59 Å². The van der Waals surface area contributed by atoms with Crippen LogP contribution in [0.5, 0.6) is 0 Å². The number of carboxylic acids is 1. The number of carbonyl (C=O) groups excluding carboxylic acids is 2. The van der Waals surface area contributed by atoms with Crippen LogP contribution in [0.3, 0.4) is 0 Å². The fourth-order valence-corrected chi connectivity index (χ4v) is 3.43. The number of carboxylic acid groups (broad SMARTS) is 1. The molecule has 0 fully saturated rings. The summed E-state index contributed by atoms with van der Waals surface area (Å²) in [6.45, 7) is 0.00421. The van der Waals surface area contributed by atoms with Gasteiger partial charge in [0.05, 0.1) is 4.92 Å². The van der Waals surface area contributed by atoms with Crippen LogP contribution in [0.2, 0.25) is 0 Å². The molecule has 0 unspecified atom stereocenters. The van der Waals surface area contributed by atoms with Crippen LogP contribution < -0.4 is 10.6 Å². The van der Waals surface area contributed by atoms with E-state index in [4.69, 9.17) is 4.74 Å². The smallest absolute Gasteiger partial charge is 0.408 e. The van der Waals surface area contributed by atoms with Gasteiger partial charge in [-0.3, -0.25) is 14.9 Å². The summed E-state index contributed by atoms with van der Waals surface area (Å²) < 4.78 is 5.22. The number of ether oxygens (including phenoxy) is 1. The monoisotopic (exact) mass is 491 g/mol. The highest BCUT2D eigenvalue weighted by molar-refractivity contribution is 5.89. The molecule has 0 heterocycles. The summed E-state index contributed by atoms with van der Waals surface area (Å²) in [5, 5.41) is 25.5. The average molecular weight is 492 g/mol. The summed E-state index contributed by atoms with van der Waals surface area (Å²) in [7, 11) is 0. The van der Waals surface area contributed by atoms with Crippen LogP contribution in [0.4, 0.5) is 10.5 Å². The number of nitrogens with one attached hydrogen (secondary N) is 2. The summed E-state index contributed by atoms with van der Waals surface area (Å²) in [6, 6.07) is 20.9. The lowest BCUT2D eigenvalue weighted by Gasteiger charge is -2.21. The third kappa shape index (κ3) is 7.94. The van der Waals surface area contributed by atoms with Crippen molar-refractivity contribution in [3.63, 3.8) is 0 Å². The molecule has 3 aromatic carbocycles. The van der Waals surface area contributed by atoms with Gasteiger partial charge in [-0.2, -0.15) is 0 Å². The van der Waals surface area contributed by atoms with E-state index in [9.17, 15) is 29.6 Å². The van der Waals surface area contributed by atoms with Gasteiger partial charge in [0.1, 0.15) is 18.7 Å². The zero-order chi connectivity index (χ0) is 25.9. The van der Waals surface area contributed by atoms with E-state index >= 15 is 0 Å². The molecule has 3 N–H and O–H groups in total. The Morgan fingerprint density at radius 3 is 1.86 bits per heavy atom. The minimum Gasteiger partial charge on any atom is -0.480 e. The maximum atomic E-state index is 13.1. The maximum absolute atomic E-state index is 13.1. The van der Waals surface area contributed by atoms with E-state index in [1.54, 1.807) is 48.5 Å². The first-order valence-electron chi connectivity index (χ1n) is 11.1. The van der Waals surface area contributed by atoms with Crippen LogP contribution >= 0.6 is 0 Å². The van der Waals surface area contributed by atoms with E-state index in [0.717, 1.165) is 11.1 Å². The molecule has 3 rings (SSSR count). The molecule has 0 saturated heterocycles. The molecule has 0 aliphatic carbocycles. The van der Waals surface area contributed by atoms with Crippen LogP contribution in [0.15, 0.2) is 84.9 Å². The number of amides is 2. The first kappa shape index (κ1) is 25.9. The lowest BCUT2D eigenvalue weighted by molar-refractivity contribution is -0.384. The standard InChI is InChI=1S/C26H25N3O7/c30-24(27-23(25(31)32)16-19-11-13-21(14-12-19)29(34)35)22(15-18-7-3-1-4-8-18)28-26(33)36-17-20-9-5-2-6-10-20/h1-14,22-23H,15-17H2,(H,27,30)(H,28,33)(H,31,32)/t22-,23-/m0/s1. The van der Waals surface area contributed by atoms with Crippen molar-refractivity contribution < 1.29 is 29.2 Å². The number of nitrogens with zero attached hydrogens (tertiary/aromatic N) is 1. The molecule has 10 nitrogen and oxygen atoms in total. The zero-order valence-electron chi connectivity index (χ0n) is 19.2. The highest BCUT2D eigenvalue weighted by Crippen LogP contribution is 2.14. The molecule has 0 spiro atoms. The number of aliphatic carboxylic acids is 1. The number of benzene rings is 3. The summed E-state index contributed by atoms with van der Waals surface area (Å²) in [5.74, 6) is -1.99. The minimum absolute atomic E-state index is 0.00421. The highest BCUT2D eigenvalue weighted by atomic mass is 16.6. The first-order valence-corrected chi connectivity index (χ1v) is 11.1. The largest absolute Gasteiger partial charge is 0.480 e. The number of nitro benzene ring substituents is 1. The number of non-ortho nitro benzene ring substituents is 1. The predicted molar refractivity (Wildman–Crippen MR) is 130 cm³/mol. The second kappa shape index (κ2) is 12.7. The van der Waals surface area contributed by atoms with Crippen molar-refractivity contribution in [3.8, 4) is 0 Å². The fourth-order valence-electron chi connectivity index (χ4n) is 3.43. The van der Waals surface area contributed by atoms with Crippen molar-refractivity contribution in [2.45, 2.75) is 31.5 Å². The number of alkyl carbamates (subject to hydrolysis) is 1. The van der Waals surface area contributed by atoms with Crippen molar-refractivity contribution in [2.24, 2.45) is 0 Å². The third-order valence-corrected chi connectivity index (χ3v) is 5.31. The molecule has 2 amide bonds. The Kier molecular flexibility index (Phi) is 9.10. The third-order valence-electron chi connectivity index (χ3n) is 5.31. The minimum atomic E-state index is -1.32. The predicted octanol–water partition coefficient (Wildman–Crippen LogP) is 3.24. The molecular formula is C26H25N3O7. The molecule has 186 valence electrons. The van der Waals surface area contributed by atoms with E-state index in [1.807, 2.05) is 12.1 Å². The van der Waals surface area contributed by atoms with Gasteiger partial charge in [0.15, 0.2) is 0 Å². The van der Waals surface area contributed by atoms with Crippen LogP contribution in [0.25, 0.3) is 0 Å². The molecule has 0 aromatic heterocycles. The van der Waals surface area contributed by atoms with Crippen molar-refractivity contribution in [3.05, 3.63) is 112 Å². The van der Waals surface area contributed by atoms with Gasteiger partial charge >= 0.3 is 12.1 Å². The van der Waals surface area contributed by atoms with E-state index < -0.39 is 35.0 Å². The van der Waals surface area contributed by atoms with Crippen molar-refractivity contribution in [1.29, 1.82) is 0 Å². The Hall–Kier alpha value is -4.73. The maximum Gasteiger partial charge on any atom is 0.408 e. The quantitative estimate of drug-likeness (QED) is 0.275. The molecule has 0 saturated carbocycles. The fraction of sp³-hybridized carbons (Fsp3) is 0.192. The Balaban J connectivity index is 1.69. The number of hydrogen-bond donors (Lipinski definition) is 3. The van der Waals surface area contributed by atoms with Gasteiger partial charge in [0.2, 0.25) is 5.91 Å². The second-order valence-electron chi connectivity index (χ2n) is 7.98. The van der Waals surface area contributed by atoms with E-state index in [0.29, 0.717) is 5.56 Å². The average Bonchev–Trinajstić information content (AvgIpc) is 2.88. The molecule has 0 radical (unpaired) electrons. The van der Waals surface area contributed by atoms with Crippen LogP contribution in [0, 0.1) is 10.1 Å². The van der Waals surface area contributed by atoms with Crippen molar-refractivity contribution in [2.75, 3.05) is 0 Å². The first-order chi connectivity index (χ1) is 17.3. The topological polar surface area (TPSA) is 148 Å². The number of rotatable bonds is 11. The molecular weight excluding hydrogens is 466 g/mol. The Morgan fingerprint density at radius 1 is 0.778 bits per heavy atom. The SMILES string of the molecule is O=C(N[C@@H](Cc1ccccc1)C(=O)N[C@@H](Cc1ccc([N+](=O)[O-])cc1)C(=O)O)OCc1ccccc1. The zero-order valence-corrected chi connectivity index (χ0v) is 19.2. The van der Waals surface area contributed by atoms with Crippen LogP contribution in [-0.4, -0.2) is 40.1 Å². The Labute approximate surface area is 207 Å². The van der Waals surface area contributed by atoms with E-state index in [1.165, 1.54) is 24.3 Å². The molecule has 2 atom stereocenters. The second-order valence-corrected chi connectivity index (χ2v) is 7.98. The van der Waals surface area contributed by atoms with Crippen molar-refractivity contribution >= 4 is 23.7 Å². The Morgan fingerprint density at radius 2 is 1.31 bits per heavy atom.